The fraction of sp³-hybridized carbons (Fsp3) is 0.533. The van der Waals surface area contributed by atoms with Gasteiger partial charge in [-0.2, -0.15) is 8.42 Å². The summed E-state index contributed by atoms with van der Waals surface area (Å²) in [4.78, 5) is 10.6. The van der Waals surface area contributed by atoms with E-state index < -0.39 is 21.4 Å². The van der Waals surface area contributed by atoms with Crippen molar-refractivity contribution < 1.29 is 17.8 Å². The SMILES string of the molecule is CC(C)Cc1ccccc1.CCC(=O)NC(C)S(=O)(=O)O. The standard InChI is InChI=1S/C10H14.C5H11NO4S/c1-9(2)8-10-6-4-3-5-7-10;1-3-5(7)6-4(2)11(8,9)10/h3-7,9H,8H2,1-2H3;4H,3H2,1-2H3,(H,6,7)(H,8,9,10). The largest absolute Gasteiger partial charge is 0.338 e. The van der Waals surface area contributed by atoms with Gasteiger partial charge in [-0.1, -0.05) is 51.1 Å². The summed E-state index contributed by atoms with van der Waals surface area (Å²) in [5.41, 5.74) is 1.44. The van der Waals surface area contributed by atoms with Crippen molar-refractivity contribution in [3.05, 3.63) is 35.9 Å². The minimum absolute atomic E-state index is 0.194. The van der Waals surface area contributed by atoms with Gasteiger partial charge in [-0.3, -0.25) is 9.35 Å². The van der Waals surface area contributed by atoms with Gasteiger partial charge in [-0.05, 0) is 24.8 Å². The zero-order valence-electron chi connectivity index (χ0n) is 13.0. The quantitative estimate of drug-likeness (QED) is 0.818. The molecular weight excluding hydrogens is 290 g/mol. The molecule has 1 aromatic carbocycles. The number of amides is 1. The van der Waals surface area contributed by atoms with E-state index in [1.54, 1.807) is 6.92 Å². The second-order valence-electron chi connectivity index (χ2n) is 5.16. The second-order valence-corrected chi connectivity index (χ2v) is 6.90. The number of hydrogen-bond acceptors (Lipinski definition) is 3. The van der Waals surface area contributed by atoms with Crippen molar-refractivity contribution in [2.45, 2.75) is 45.9 Å². The minimum atomic E-state index is -4.14. The van der Waals surface area contributed by atoms with E-state index in [1.165, 1.54) is 18.9 Å². The van der Waals surface area contributed by atoms with Crippen LogP contribution in [0.15, 0.2) is 30.3 Å². The smallest absolute Gasteiger partial charge is 0.285 e. The summed E-state index contributed by atoms with van der Waals surface area (Å²) in [6, 6.07) is 10.6. The fourth-order valence-corrected chi connectivity index (χ4v) is 1.77. The maximum atomic E-state index is 10.6. The van der Waals surface area contributed by atoms with Crippen molar-refractivity contribution in [3.8, 4) is 0 Å². The molecule has 6 heteroatoms. The zero-order valence-corrected chi connectivity index (χ0v) is 13.9. The fourth-order valence-electron chi connectivity index (χ4n) is 1.49. The van der Waals surface area contributed by atoms with Gasteiger partial charge in [0.2, 0.25) is 5.91 Å². The van der Waals surface area contributed by atoms with Crippen molar-refractivity contribution >= 4 is 16.0 Å². The van der Waals surface area contributed by atoms with Crippen LogP contribution in [0, 0.1) is 5.92 Å². The Morgan fingerprint density at radius 1 is 1.19 bits per heavy atom. The lowest BCUT2D eigenvalue weighted by atomic mass is 10.0. The Morgan fingerprint density at radius 2 is 1.71 bits per heavy atom. The van der Waals surface area contributed by atoms with Crippen LogP contribution in [0.25, 0.3) is 0 Å². The Kier molecular flexibility index (Phi) is 8.89. The summed E-state index contributed by atoms with van der Waals surface area (Å²) in [6.45, 7) is 7.27. The molecule has 1 rings (SSSR count). The summed E-state index contributed by atoms with van der Waals surface area (Å²) >= 11 is 0. The summed E-state index contributed by atoms with van der Waals surface area (Å²) in [6.07, 6.45) is 1.39. The maximum Gasteiger partial charge on any atom is 0.285 e. The zero-order chi connectivity index (χ0) is 16.5. The van der Waals surface area contributed by atoms with Crippen LogP contribution in [0.1, 0.15) is 39.7 Å². The number of rotatable bonds is 5. The van der Waals surface area contributed by atoms with Crippen molar-refractivity contribution in [1.82, 2.24) is 5.32 Å². The first-order chi connectivity index (χ1) is 9.66. The van der Waals surface area contributed by atoms with E-state index in [0.717, 1.165) is 5.92 Å². The van der Waals surface area contributed by atoms with Gasteiger partial charge in [-0.25, -0.2) is 0 Å². The van der Waals surface area contributed by atoms with Gasteiger partial charge in [-0.15, -0.1) is 0 Å². The number of hydrogen-bond donors (Lipinski definition) is 2. The molecule has 0 fully saturated rings. The highest BCUT2D eigenvalue weighted by Crippen LogP contribution is 2.06. The Balaban J connectivity index is 0.000000382. The molecule has 21 heavy (non-hydrogen) atoms. The van der Waals surface area contributed by atoms with E-state index in [4.69, 9.17) is 4.55 Å². The molecule has 0 saturated heterocycles. The highest BCUT2D eigenvalue weighted by molar-refractivity contribution is 7.86. The molecule has 1 unspecified atom stereocenters. The summed E-state index contributed by atoms with van der Waals surface area (Å²) in [5, 5.41) is 0.866. The van der Waals surface area contributed by atoms with Gasteiger partial charge in [0.05, 0.1) is 0 Å². The Hall–Kier alpha value is -1.40. The Bertz CT molecular complexity index is 512. The van der Waals surface area contributed by atoms with Crippen molar-refractivity contribution in [3.63, 3.8) is 0 Å². The number of benzene rings is 1. The van der Waals surface area contributed by atoms with Gasteiger partial charge in [0.1, 0.15) is 0 Å². The van der Waals surface area contributed by atoms with Crippen molar-refractivity contribution in [2.75, 3.05) is 0 Å². The van der Waals surface area contributed by atoms with Crippen LogP contribution in [0.3, 0.4) is 0 Å². The van der Waals surface area contributed by atoms with E-state index in [9.17, 15) is 13.2 Å². The lowest BCUT2D eigenvalue weighted by Crippen LogP contribution is -2.37. The number of carbonyl (C=O) groups excluding carboxylic acids is 1. The van der Waals surface area contributed by atoms with Gasteiger partial charge in [0.15, 0.2) is 5.37 Å². The molecule has 1 aromatic rings. The Labute approximate surface area is 127 Å². The highest BCUT2D eigenvalue weighted by Gasteiger charge is 2.17. The first-order valence-electron chi connectivity index (χ1n) is 6.96. The molecule has 1 amide bonds. The molecule has 0 saturated carbocycles. The molecule has 0 aliphatic rings. The molecule has 0 aromatic heterocycles. The number of nitrogens with one attached hydrogen (secondary N) is 1. The average Bonchev–Trinajstić information content (AvgIpc) is 2.38. The first-order valence-corrected chi connectivity index (χ1v) is 8.46. The van der Waals surface area contributed by atoms with E-state index in [1.807, 2.05) is 0 Å². The number of carbonyl (C=O) groups is 1. The van der Waals surface area contributed by atoms with Crippen LogP contribution in [0.2, 0.25) is 0 Å². The average molecular weight is 315 g/mol. The van der Waals surface area contributed by atoms with Gasteiger partial charge in [0.25, 0.3) is 10.1 Å². The van der Waals surface area contributed by atoms with Crippen LogP contribution in [0.5, 0.6) is 0 Å². The normalized spacial score (nSPS) is 12.3. The molecule has 0 spiro atoms. The minimum Gasteiger partial charge on any atom is -0.338 e. The molecule has 120 valence electrons. The molecule has 1 atom stereocenters. The predicted molar refractivity (Wildman–Crippen MR) is 84.4 cm³/mol. The third kappa shape index (κ3) is 10.0. The summed E-state index contributed by atoms with van der Waals surface area (Å²) < 4.78 is 29.0. The van der Waals surface area contributed by atoms with E-state index in [0.29, 0.717) is 0 Å². The summed E-state index contributed by atoms with van der Waals surface area (Å²) in [7, 11) is -4.14. The third-order valence-electron chi connectivity index (χ3n) is 2.62. The first kappa shape index (κ1) is 19.6. The second kappa shape index (κ2) is 9.52. The van der Waals surface area contributed by atoms with Crippen LogP contribution in [-0.2, 0) is 21.3 Å². The van der Waals surface area contributed by atoms with Crippen LogP contribution in [0.4, 0.5) is 0 Å². The van der Waals surface area contributed by atoms with Crippen molar-refractivity contribution in [1.29, 1.82) is 0 Å². The molecule has 2 N–H and O–H groups in total. The van der Waals surface area contributed by atoms with Crippen LogP contribution >= 0.6 is 0 Å². The monoisotopic (exact) mass is 315 g/mol. The lowest BCUT2D eigenvalue weighted by molar-refractivity contribution is -0.120. The van der Waals surface area contributed by atoms with Gasteiger partial charge in [0, 0.05) is 6.42 Å². The topological polar surface area (TPSA) is 83.5 Å². The van der Waals surface area contributed by atoms with Crippen LogP contribution in [-0.4, -0.2) is 24.3 Å². The molecule has 5 nitrogen and oxygen atoms in total. The lowest BCUT2D eigenvalue weighted by Gasteiger charge is -2.08. The van der Waals surface area contributed by atoms with E-state index in [-0.39, 0.29) is 6.42 Å². The third-order valence-corrected chi connectivity index (χ3v) is 3.63. The van der Waals surface area contributed by atoms with Crippen molar-refractivity contribution in [2.24, 2.45) is 5.92 Å². The molecule has 0 radical (unpaired) electrons. The van der Waals surface area contributed by atoms with E-state index >= 15 is 0 Å². The predicted octanol–water partition coefficient (Wildman–Crippen LogP) is 2.63. The summed E-state index contributed by atoms with van der Waals surface area (Å²) in [5.74, 6) is 0.359. The van der Waals surface area contributed by atoms with Crippen LogP contribution < -0.4 is 5.32 Å². The highest BCUT2D eigenvalue weighted by atomic mass is 32.2. The van der Waals surface area contributed by atoms with Gasteiger partial charge >= 0.3 is 0 Å². The Morgan fingerprint density at radius 3 is 2.10 bits per heavy atom. The molecule has 0 bridgehead atoms. The molecule has 0 heterocycles. The van der Waals surface area contributed by atoms with E-state index in [2.05, 4.69) is 49.5 Å². The molecule has 0 aliphatic carbocycles. The maximum absolute atomic E-state index is 10.6. The molecule has 0 aliphatic heterocycles. The van der Waals surface area contributed by atoms with Gasteiger partial charge < -0.3 is 5.32 Å². The molecular formula is C15H25NO4S.